The molecule has 3 atom stereocenters. The van der Waals surface area contributed by atoms with Gasteiger partial charge < -0.3 is 15.8 Å². The minimum Gasteiger partial charge on any atom is -0.497 e. The number of hydrogen-bond donors (Lipinski definition) is 2. The lowest BCUT2D eigenvalue weighted by Crippen LogP contribution is -2.38. The number of ether oxygens (including phenoxy) is 1. The first-order chi connectivity index (χ1) is 15.4. The average molecular weight is 474 g/mol. The number of rotatable bonds is 8. The first-order valence-electron chi connectivity index (χ1n) is 10.3. The summed E-state index contributed by atoms with van der Waals surface area (Å²) in [7, 11) is -1.85. The van der Waals surface area contributed by atoms with Crippen LogP contribution < -0.4 is 15.8 Å². The first kappa shape index (κ1) is 22.6. The van der Waals surface area contributed by atoms with Gasteiger partial charge in [0.1, 0.15) is 11.4 Å². The maximum absolute atomic E-state index is 12.8. The molecule has 32 heavy (non-hydrogen) atoms. The Morgan fingerprint density at radius 2 is 1.94 bits per heavy atom. The second kappa shape index (κ2) is 9.51. The van der Waals surface area contributed by atoms with Crippen molar-refractivity contribution in [3.05, 3.63) is 60.2 Å². The molecule has 0 amide bonds. The van der Waals surface area contributed by atoms with Crippen molar-refractivity contribution in [3.8, 4) is 17.0 Å². The molecule has 1 aliphatic rings. The molecule has 8 nitrogen and oxygen atoms in total. The van der Waals surface area contributed by atoms with Crippen LogP contribution in [0.3, 0.4) is 0 Å². The van der Waals surface area contributed by atoms with Crippen molar-refractivity contribution in [3.63, 3.8) is 0 Å². The molecule has 3 N–H and O–H groups in total. The SMILES string of the molecule is COc1ccc(CSC2CNC(C(n3nnc(-c4ccccc4)c3N)S(C)(=O)=O)C2)cc1. The molecule has 3 aromatic rings. The van der Waals surface area contributed by atoms with E-state index in [1.54, 1.807) is 7.11 Å². The summed E-state index contributed by atoms with van der Waals surface area (Å²) in [4.78, 5) is 0. The molecular formula is C22H27N5O3S2. The third-order valence-electron chi connectivity index (χ3n) is 5.57. The summed E-state index contributed by atoms with van der Waals surface area (Å²) < 4.78 is 32.1. The predicted molar refractivity (Wildman–Crippen MR) is 128 cm³/mol. The summed E-state index contributed by atoms with van der Waals surface area (Å²) in [5, 5.41) is 11.1. The molecule has 170 valence electrons. The minimum atomic E-state index is -3.50. The van der Waals surface area contributed by atoms with Gasteiger partial charge in [-0.2, -0.15) is 11.8 Å². The number of anilines is 1. The van der Waals surface area contributed by atoms with Crippen LogP contribution in [-0.4, -0.2) is 54.6 Å². The van der Waals surface area contributed by atoms with Crippen molar-refractivity contribution < 1.29 is 13.2 Å². The van der Waals surface area contributed by atoms with E-state index in [1.807, 2.05) is 66.4 Å². The molecule has 2 heterocycles. The molecule has 1 aliphatic heterocycles. The molecule has 2 aromatic carbocycles. The zero-order valence-electron chi connectivity index (χ0n) is 18.0. The van der Waals surface area contributed by atoms with Gasteiger partial charge in [-0.15, -0.1) is 5.10 Å². The normalized spacial score (nSPS) is 19.7. The first-order valence-corrected chi connectivity index (χ1v) is 13.3. The zero-order chi connectivity index (χ0) is 22.7. The topological polar surface area (TPSA) is 112 Å². The highest BCUT2D eigenvalue weighted by atomic mass is 32.2. The van der Waals surface area contributed by atoms with Crippen LogP contribution in [0.2, 0.25) is 0 Å². The van der Waals surface area contributed by atoms with E-state index in [1.165, 1.54) is 16.5 Å². The van der Waals surface area contributed by atoms with E-state index in [0.29, 0.717) is 12.1 Å². The van der Waals surface area contributed by atoms with Crippen molar-refractivity contribution in [2.75, 3.05) is 25.6 Å². The number of thioether (sulfide) groups is 1. The van der Waals surface area contributed by atoms with E-state index in [4.69, 9.17) is 10.5 Å². The molecule has 0 bridgehead atoms. The number of nitrogens with two attached hydrogens (primary N) is 1. The zero-order valence-corrected chi connectivity index (χ0v) is 19.6. The second-order valence-corrected chi connectivity index (χ2v) is 11.3. The summed E-state index contributed by atoms with van der Waals surface area (Å²) in [6, 6.07) is 17.1. The highest BCUT2D eigenvalue weighted by Crippen LogP contribution is 2.34. The number of hydrogen-bond acceptors (Lipinski definition) is 8. The van der Waals surface area contributed by atoms with E-state index in [2.05, 4.69) is 15.6 Å². The number of nitrogens with zero attached hydrogens (tertiary/aromatic N) is 3. The van der Waals surface area contributed by atoms with Gasteiger partial charge in [0, 0.05) is 35.4 Å². The highest BCUT2D eigenvalue weighted by molar-refractivity contribution is 7.99. The Kier molecular flexibility index (Phi) is 6.73. The molecule has 0 radical (unpaired) electrons. The van der Waals surface area contributed by atoms with E-state index in [9.17, 15) is 8.42 Å². The predicted octanol–water partition coefficient (Wildman–Crippen LogP) is 2.74. The van der Waals surface area contributed by atoms with E-state index >= 15 is 0 Å². The number of benzene rings is 2. The van der Waals surface area contributed by atoms with Gasteiger partial charge in [0.25, 0.3) is 0 Å². The Labute approximate surface area is 192 Å². The third-order valence-corrected chi connectivity index (χ3v) is 8.31. The van der Waals surface area contributed by atoms with Gasteiger partial charge in [0.2, 0.25) is 0 Å². The van der Waals surface area contributed by atoms with Gasteiger partial charge in [0.15, 0.2) is 21.0 Å². The molecule has 0 aliphatic carbocycles. The standard InChI is InChI=1S/C22H27N5O3S2/c1-30-17-10-8-15(9-11-17)14-31-18-12-19(24-13-18)22(32(2,28)29)27-21(23)20(25-26-27)16-6-4-3-5-7-16/h3-11,18-19,22,24H,12-14,23H2,1-2H3. The van der Waals surface area contributed by atoms with E-state index < -0.39 is 15.2 Å². The fourth-order valence-electron chi connectivity index (χ4n) is 3.95. The lowest BCUT2D eigenvalue weighted by atomic mass is 10.1. The van der Waals surface area contributed by atoms with Gasteiger partial charge in [-0.3, -0.25) is 0 Å². The van der Waals surface area contributed by atoms with Crippen molar-refractivity contribution in [1.29, 1.82) is 0 Å². The number of methoxy groups -OCH3 is 1. The Hall–Kier alpha value is -2.56. The van der Waals surface area contributed by atoms with Crippen LogP contribution in [0.25, 0.3) is 11.3 Å². The van der Waals surface area contributed by atoms with Crippen molar-refractivity contribution in [2.45, 2.75) is 28.8 Å². The molecular weight excluding hydrogens is 446 g/mol. The molecule has 1 aromatic heterocycles. The fraction of sp³-hybridized carbons (Fsp3) is 0.364. The maximum atomic E-state index is 12.8. The van der Waals surface area contributed by atoms with Crippen LogP contribution in [-0.2, 0) is 15.6 Å². The summed E-state index contributed by atoms with van der Waals surface area (Å²) >= 11 is 1.81. The number of nitrogens with one attached hydrogen (secondary N) is 1. The van der Waals surface area contributed by atoms with E-state index in [0.717, 1.165) is 23.6 Å². The largest absolute Gasteiger partial charge is 0.497 e. The van der Waals surface area contributed by atoms with Crippen LogP contribution in [0.1, 0.15) is 17.4 Å². The maximum Gasteiger partial charge on any atom is 0.172 e. The fourth-order valence-corrected chi connectivity index (χ4v) is 6.45. The molecule has 1 fully saturated rings. The van der Waals surface area contributed by atoms with E-state index in [-0.39, 0.29) is 17.1 Å². The van der Waals surface area contributed by atoms with Gasteiger partial charge in [-0.25, -0.2) is 13.1 Å². The van der Waals surface area contributed by atoms with Gasteiger partial charge in [-0.1, -0.05) is 47.7 Å². The quantitative estimate of drug-likeness (QED) is 0.514. The van der Waals surface area contributed by atoms with Crippen LogP contribution in [0.5, 0.6) is 5.75 Å². The average Bonchev–Trinajstić information content (AvgIpc) is 3.40. The Bertz CT molecular complexity index is 1150. The number of aromatic nitrogens is 3. The lowest BCUT2D eigenvalue weighted by Gasteiger charge is -2.23. The Morgan fingerprint density at radius 1 is 1.22 bits per heavy atom. The second-order valence-electron chi connectivity index (χ2n) is 7.89. The van der Waals surface area contributed by atoms with Crippen LogP contribution in [0, 0.1) is 0 Å². The van der Waals surface area contributed by atoms with Crippen molar-refractivity contribution in [1.82, 2.24) is 20.3 Å². The lowest BCUT2D eigenvalue weighted by molar-refractivity contribution is 0.414. The number of sulfone groups is 1. The molecule has 10 heteroatoms. The highest BCUT2D eigenvalue weighted by Gasteiger charge is 2.39. The Morgan fingerprint density at radius 3 is 2.59 bits per heavy atom. The Balaban J connectivity index is 1.48. The van der Waals surface area contributed by atoms with Crippen molar-refractivity contribution in [2.24, 2.45) is 0 Å². The van der Waals surface area contributed by atoms with Crippen LogP contribution in [0.15, 0.2) is 54.6 Å². The molecule has 1 saturated heterocycles. The van der Waals surface area contributed by atoms with Gasteiger partial charge >= 0.3 is 0 Å². The van der Waals surface area contributed by atoms with Crippen LogP contribution in [0.4, 0.5) is 5.82 Å². The third kappa shape index (κ3) is 4.92. The van der Waals surface area contributed by atoms with Gasteiger partial charge in [0.05, 0.1) is 7.11 Å². The monoisotopic (exact) mass is 473 g/mol. The molecule has 0 spiro atoms. The summed E-state index contributed by atoms with van der Waals surface area (Å²) in [6.45, 7) is 0.720. The summed E-state index contributed by atoms with van der Waals surface area (Å²) in [5.74, 6) is 1.93. The molecule has 4 rings (SSSR count). The minimum absolute atomic E-state index is 0.253. The molecule has 3 unspecified atom stereocenters. The molecule has 0 saturated carbocycles. The summed E-state index contributed by atoms with van der Waals surface area (Å²) in [6.07, 6.45) is 1.92. The smallest absolute Gasteiger partial charge is 0.172 e. The van der Waals surface area contributed by atoms with Crippen LogP contribution >= 0.6 is 11.8 Å². The summed E-state index contributed by atoms with van der Waals surface area (Å²) in [5.41, 5.74) is 8.81. The van der Waals surface area contributed by atoms with Crippen molar-refractivity contribution >= 4 is 27.4 Å². The van der Waals surface area contributed by atoms with Gasteiger partial charge in [-0.05, 0) is 24.1 Å². The number of nitrogen functional groups attached to an aromatic ring is 1.